The lowest BCUT2D eigenvalue weighted by Gasteiger charge is -2.17. The highest BCUT2D eigenvalue weighted by molar-refractivity contribution is 7.98. The molecule has 12 heteroatoms. The van der Waals surface area contributed by atoms with Crippen molar-refractivity contribution >= 4 is 58.2 Å². The molecular weight excluding hydrogens is 557 g/mol. The second kappa shape index (κ2) is 11.5. The predicted octanol–water partition coefficient (Wildman–Crippen LogP) is 7.23. The second-order valence-corrected chi connectivity index (χ2v) is 10.4. The van der Waals surface area contributed by atoms with Crippen LogP contribution in [0.3, 0.4) is 0 Å². The molecule has 1 atom stereocenters. The lowest BCUT2D eigenvalue weighted by atomic mass is 10.1. The Labute approximate surface area is 232 Å². The normalized spacial score (nSPS) is 11.8. The van der Waals surface area contributed by atoms with E-state index in [0.717, 1.165) is 17.2 Å². The fourth-order valence-electron chi connectivity index (χ4n) is 3.63. The Morgan fingerprint density at radius 3 is 2.54 bits per heavy atom. The zero-order valence-electron chi connectivity index (χ0n) is 19.6. The SMILES string of the molecule is Cc1cccc(CSc2nnc(C(C)NC(=O)c3ccc([N+](=O)[O-])cc3Cl)n2-c2ccc(Cl)cc2Cl)c1. The fourth-order valence-corrected chi connectivity index (χ4v) is 5.28. The van der Waals surface area contributed by atoms with Crippen LogP contribution in [0.5, 0.6) is 0 Å². The molecule has 1 heterocycles. The summed E-state index contributed by atoms with van der Waals surface area (Å²) in [6, 6.07) is 16.3. The highest BCUT2D eigenvalue weighted by Gasteiger charge is 2.24. The average Bonchev–Trinajstić information content (AvgIpc) is 3.26. The van der Waals surface area contributed by atoms with Gasteiger partial charge in [-0.25, -0.2) is 0 Å². The molecule has 0 bridgehead atoms. The number of carbonyl (C=O) groups excluding carboxylic acids is 1. The lowest BCUT2D eigenvalue weighted by Crippen LogP contribution is -2.29. The number of nitro benzene ring substituents is 1. The Balaban J connectivity index is 1.65. The van der Waals surface area contributed by atoms with Gasteiger partial charge in [0.25, 0.3) is 11.6 Å². The summed E-state index contributed by atoms with van der Waals surface area (Å²) in [6.45, 7) is 3.78. The smallest absolute Gasteiger partial charge is 0.270 e. The van der Waals surface area contributed by atoms with Crippen LogP contribution in [0.15, 0.2) is 65.8 Å². The lowest BCUT2D eigenvalue weighted by molar-refractivity contribution is -0.384. The Hall–Kier alpha value is -3.11. The first-order chi connectivity index (χ1) is 17.6. The van der Waals surface area contributed by atoms with Crippen molar-refractivity contribution in [1.29, 1.82) is 0 Å². The number of nitro groups is 1. The van der Waals surface area contributed by atoms with E-state index in [2.05, 4.69) is 21.6 Å². The van der Waals surface area contributed by atoms with Crippen molar-refractivity contribution in [1.82, 2.24) is 20.1 Å². The number of benzene rings is 3. The van der Waals surface area contributed by atoms with E-state index in [9.17, 15) is 14.9 Å². The maximum Gasteiger partial charge on any atom is 0.270 e. The number of rotatable bonds is 8. The molecule has 0 saturated heterocycles. The van der Waals surface area contributed by atoms with Crippen LogP contribution in [0.25, 0.3) is 5.69 Å². The number of thioether (sulfide) groups is 1. The van der Waals surface area contributed by atoms with Crippen LogP contribution in [-0.2, 0) is 5.75 Å². The van der Waals surface area contributed by atoms with Gasteiger partial charge in [-0.15, -0.1) is 10.2 Å². The van der Waals surface area contributed by atoms with Crippen molar-refractivity contribution in [2.24, 2.45) is 0 Å². The van der Waals surface area contributed by atoms with E-state index in [1.165, 1.54) is 23.9 Å². The predicted molar refractivity (Wildman–Crippen MR) is 146 cm³/mol. The molecule has 0 fully saturated rings. The van der Waals surface area contributed by atoms with Crippen molar-refractivity contribution in [2.75, 3.05) is 0 Å². The fraction of sp³-hybridized carbons (Fsp3) is 0.160. The molecule has 8 nitrogen and oxygen atoms in total. The number of hydrogen-bond acceptors (Lipinski definition) is 6. The van der Waals surface area contributed by atoms with Gasteiger partial charge in [-0.1, -0.05) is 76.4 Å². The molecule has 0 aliphatic carbocycles. The Kier molecular flexibility index (Phi) is 8.39. The molecule has 1 unspecified atom stereocenters. The number of hydrogen-bond donors (Lipinski definition) is 1. The molecule has 1 N–H and O–H groups in total. The summed E-state index contributed by atoms with van der Waals surface area (Å²) in [7, 11) is 0. The maximum absolute atomic E-state index is 13.0. The van der Waals surface area contributed by atoms with Crippen molar-refractivity contribution in [3.05, 3.63) is 108 Å². The highest BCUT2D eigenvalue weighted by atomic mass is 35.5. The quantitative estimate of drug-likeness (QED) is 0.135. The summed E-state index contributed by atoms with van der Waals surface area (Å²) < 4.78 is 1.78. The van der Waals surface area contributed by atoms with E-state index >= 15 is 0 Å². The number of aryl methyl sites for hydroxylation is 1. The Bertz CT molecular complexity index is 1490. The van der Waals surface area contributed by atoms with Crippen molar-refractivity contribution < 1.29 is 9.72 Å². The molecule has 0 radical (unpaired) electrons. The topological polar surface area (TPSA) is 103 Å². The molecule has 4 rings (SSSR count). The molecule has 0 aliphatic rings. The summed E-state index contributed by atoms with van der Waals surface area (Å²) in [5.74, 6) is 0.560. The second-order valence-electron chi connectivity index (χ2n) is 8.17. The maximum atomic E-state index is 13.0. The zero-order valence-corrected chi connectivity index (χ0v) is 22.7. The summed E-state index contributed by atoms with van der Waals surface area (Å²) in [5, 5.41) is 24.0. The van der Waals surface area contributed by atoms with Crippen LogP contribution in [0.4, 0.5) is 5.69 Å². The summed E-state index contributed by atoms with van der Waals surface area (Å²) in [4.78, 5) is 23.4. The number of non-ortho nitro benzene ring substituents is 1. The average molecular weight is 577 g/mol. The molecule has 4 aromatic rings. The van der Waals surface area contributed by atoms with E-state index in [1.807, 2.05) is 25.1 Å². The van der Waals surface area contributed by atoms with Crippen LogP contribution in [0.2, 0.25) is 15.1 Å². The Morgan fingerprint density at radius 1 is 1.08 bits per heavy atom. The number of amides is 1. The molecule has 0 spiro atoms. The van der Waals surface area contributed by atoms with E-state index in [4.69, 9.17) is 34.8 Å². The number of nitrogens with zero attached hydrogens (tertiary/aromatic N) is 4. The van der Waals surface area contributed by atoms with Gasteiger partial charge >= 0.3 is 0 Å². The molecule has 3 aromatic carbocycles. The van der Waals surface area contributed by atoms with Gasteiger partial charge in [-0.2, -0.15) is 0 Å². The van der Waals surface area contributed by atoms with Crippen molar-refractivity contribution in [2.45, 2.75) is 30.8 Å². The van der Waals surface area contributed by atoms with E-state index in [1.54, 1.807) is 29.7 Å². The van der Waals surface area contributed by atoms with Gasteiger partial charge in [-0.05, 0) is 43.7 Å². The first kappa shape index (κ1) is 26.9. The van der Waals surface area contributed by atoms with Crippen LogP contribution in [0, 0.1) is 17.0 Å². The van der Waals surface area contributed by atoms with Gasteiger partial charge in [0, 0.05) is 22.9 Å². The number of halogens is 3. The Morgan fingerprint density at radius 2 is 1.86 bits per heavy atom. The standard InChI is InChI=1S/C25H20Cl3N5O3S/c1-14-4-3-5-16(10-14)13-37-25-31-30-23(32(25)22-9-6-17(26)11-21(22)28)15(2)29-24(34)19-8-7-18(33(35)36)12-20(19)27/h3-12,15H,13H2,1-2H3,(H,29,34). The molecule has 1 amide bonds. The van der Waals surface area contributed by atoms with Crippen LogP contribution in [-0.4, -0.2) is 25.6 Å². The molecule has 1 aromatic heterocycles. The monoisotopic (exact) mass is 575 g/mol. The minimum Gasteiger partial charge on any atom is -0.342 e. The van der Waals surface area contributed by atoms with E-state index in [-0.39, 0.29) is 16.3 Å². The number of nitrogens with one attached hydrogen (secondary N) is 1. The molecule has 190 valence electrons. The third-order valence-electron chi connectivity index (χ3n) is 5.40. The first-order valence-corrected chi connectivity index (χ1v) is 13.1. The minimum atomic E-state index is -0.619. The van der Waals surface area contributed by atoms with Gasteiger partial charge in [0.1, 0.15) is 0 Å². The van der Waals surface area contributed by atoms with Gasteiger partial charge in [0.15, 0.2) is 11.0 Å². The molecule has 0 aliphatic heterocycles. The minimum absolute atomic E-state index is 0.0319. The largest absolute Gasteiger partial charge is 0.342 e. The van der Waals surface area contributed by atoms with Gasteiger partial charge in [0.2, 0.25) is 0 Å². The first-order valence-electron chi connectivity index (χ1n) is 11.0. The highest BCUT2D eigenvalue weighted by Crippen LogP contribution is 2.32. The third kappa shape index (κ3) is 6.24. The third-order valence-corrected chi connectivity index (χ3v) is 7.25. The summed E-state index contributed by atoms with van der Waals surface area (Å²) >= 11 is 20.3. The van der Waals surface area contributed by atoms with E-state index < -0.39 is 16.9 Å². The summed E-state index contributed by atoms with van der Waals surface area (Å²) in [5.41, 5.74) is 2.78. The van der Waals surface area contributed by atoms with Crippen molar-refractivity contribution in [3.8, 4) is 5.69 Å². The molecular formula is C25H20Cl3N5O3S. The summed E-state index contributed by atoms with van der Waals surface area (Å²) in [6.07, 6.45) is 0. The zero-order chi connectivity index (χ0) is 26.7. The number of carbonyl (C=O) groups is 1. The molecule has 37 heavy (non-hydrogen) atoms. The number of aromatic nitrogens is 3. The van der Waals surface area contributed by atoms with E-state index in [0.29, 0.717) is 32.5 Å². The van der Waals surface area contributed by atoms with Gasteiger partial charge in [-0.3, -0.25) is 19.5 Å². The van der Waals surface area contributed by atoms with Crippen LogP contribution < -0.4 is 5.32 Å². The van der Waals surface area contributed by atoms with Gasteiger partial charge < -0.3 is 5.32 Å². The van der Waals surface area contributed by atoms with Crippen LogP contribution >= 0.6 is 46.6 Å². The molecule has 0 saturated carbocycles. The van der Waals surface area contributed by atoms with Crippen molar-refractivity contribution in [3.63, 3.8) is 0 Å². The van der Waals surface area contributed by atoms with Crippen LogP contribution in [0.1, 0.15) is 40.3 Å². The van der Waals surface area contributed by atoms with Gasteiger partial charge in [0.05, 0.1) is 32.3 Å².